The third-order valence-electron chi connectivity index (χ3n) is 3.72. The van der Waals surface area contributed by atoms with Gasteiger partial charge in [0.25, 0.3) is 0 Å². The zero-order chi connectivity index (χ0) is 17.3. The monoisotopic (exact) mass is 329 g/mol. The largest absolute Gasteiger partial charge is 0.493 e. The molecule has 0 bridgehead atoms. The minimum atomic E-state index is -0.526. The number of nitrogen functional groups attached to an aromatic ring is 1. The number of fused-ring (bicyclic) bond motifs is 1. The lowest BCUT2D eigenvalue weighted by molar-refractivity contribution is 0.330. The van der Waals surface area contributed by atoms with E-state index in [2.05, 4.69) is 20.3 Å². The molecule has 0 fully saturated rings. The normalized spacial score (nSPS) is 15.0. The highest BCUT2D eigenvalue weighted by molar-refractivity contribution is 6.02. The number of aromatic nitrogens is 2. The van der Waals surface area contributed by atoms with Crippen molar-refractivity contribution in [2.75, 3.05) is 24.8 Å². The summed E-state index contributed by atoms with van der Waals surface area (Å²) in [5, 5.41) is 13.2. The molecule has 2 aromatic rings. The highest BCUT2D eigenvalue weighted by Gasteiger charge is 2.33. The van der Waals surface area contributed by atoms with E-state index in [9.17, 15) is 5.11 Å². The SMILES string of the molecule is COc1ccccc1OCC1=Nc2c(O)nc(N)nc2NC1(C)C. The van der Waals surface area contributed by atoms with E-state index in [0.29, 0.717) is 23.0 Å². The predicted molar refractivity (Wildman–Crippen MR) is 91.4 cm³/mol. The zero-order valence-corrected chi connectivity index (χ0v) is 13.7. The van der Waals surface area contributed by atoms with Gasteiger partial charge >= 0.3 is 0 Å². The number of nitrogens with two attached hydrogens (primary N) is 1. The summed E-state index contributed by atoms with van der Waals surface area (Å²) in [7, 11) is 1.59. The molecule has 3 rings (SSSR count). The van der Waals surface area contributed by atoms with E-state index in [1.165, 1.54) is 0 Å². The number of nitrogens with one attached hydrogen (secondary N) is 1. The summed E-state index contributed by atoms with van der Waals surface area (Å²) in [5.74, 6) is 1.36. The first-order valence-corrected chi connectivity index (χ1v) is 7.39. The molecule has 4 N–H and O–H groups in total. The first kappa shape index (κ1) is 15.9. The van der Waals surface area contributed by atoms with Crippen molar-refractivity contribution in [3.05, 3.63) is 24.3 Å². The number of aromatic hydroxyl groups is 1. The molecule has 1 aliphatic heterocycles. The second-order valence-corrected chi connectivity index (χ2v) is 5.85. The van der Waals surface area contributed by atoms with Gasteiger partial charge in [-0.25, -0.2) is 4.99 Å². The van der Waals surface area contributed by atoms with E-state index in [-0.39, 0.29) is 24.1 Å². The van der Waals surface area contributed by atoms with Crippen molar-refractivity contribution >= 4 is 23.2 Å². The standard InChI is InChI=1S/C16H19N5O3/c1-16(2)11(8-24-10-7-5-4-6-9(10)23-3)18-12-13(21-16)19-15(17)20-14(12)22/h4-7H,8H2,1-3H3,(H4,17,19,20,21,22). The van der Waals surface area contributed by atoms with Crippen molar-refractivity contribution < 1.29 is 14.6 Å². The first-order chi connectivity index (χ1) is 11.4. The minimum absolute atomic E-state index is 0.0153. The van der Waals surface area contributed by atoms with Crippen LogP contribution in [0.25, 0.3) is 0 Å². The smallest absolute Gasteiger partial charge is 0.244 e. The lowest BCUT2D eigenvalue weighted by Gasteiger charge is -2.33. The number of ether oxygens (including phenoxy) is 2. The summed E-state index contributed by atoms with van der Waals surface area (Å²) < 4.78 is 11.1. The molecule has 0 amide bonds. The zero-order valence-electron chi connectivity index (χ0n) is 13.7. The Morgan fingerprint density at radius 3 is 2.62 bits per heavy atom. The van der Waals surface area contributed by atoms with E-state index in [1.807, 2.05) is 38.1 Å². The number of aliphatic imine (C=N–C) groups is 1. The van der Waals surface area contributed by atoms with Gasteiger partial charge in [-0.05, 0) is 26.0 Å². The third-order valence-corrected chi connectivity index (χ3v) is 3.72. The summed E-state index contributed by atoms with van der Waals surface area (Å²) in [6.07, 6.45) is 0. The summed E-state index contributed by atoms with van der Waals surface area (Å²) in [6.45, 7) is 4.09. The van der Waals surface area contributed by atoms with Crippen LogP contribution in [0.2, 0.25) is 0 Å². The average molecular weight is 329 g/mol. The van der Waals surface area contributed by atoms with Crippen LogP contribution < -0.4 is 20.5 Å². The Balaban J connectivity index is 1.90. The highest BCUT2D eigenvalue weighted by Crippen LogP contribution is 2.38. The Labute approximate surface area is 139 Å². The fourth-order valence-corrected chi connectivity index (χ4v) is 2.39. The number of rotatable bonds is 4. The molecule has 0 radical (unpaired) electrons. The molecule has 0 aliphatic carbocycles. The van der Waals surface area contributed by atoms with Gasteiger partial charge in [-0.1, -0.05) is 12.1 Å². The van der Waals surface area contributed by atoms with Gasteiger partial charge in [-0.2, -0.15) is 9.97 Å². The second-order valence-electron chi connectivity index (χ2n) is 5.85. The molecule has 0 spiro atoms. The van der Waals surface area contributed by atoms with Crippen molar-refractivity contribution in [3.8, 4) is 17.4 Å². The molecule has 8 heteroatoms. The first-order valence-electron chi connectivity index (χ1n) is 7.39. The number of nitrogens with zero attached hydrogens (tertiary/aromatic N) is 3. The molecule has 0 unspecified atom stereocenters. The fourth-order valence-electron chi connectivity index (χ4n) is 2.39. The van der Waals surface area contributed by atoms with Crippen molar-refractivity contribution in [2.24, 2.45) is 4.99 Å². The van der Waals surface area contributed by atoms with Gasteiger partial charge in [0.1, 0.15) is 6.61 Å². The van der Waals surface area contributed by atoms with E-state index < -0.39 is 5.54 Å². The Bertz CT molecular complexity index is 804. The van der Waals surface area contributed by atoms with Gasteiger partial charge in [0.15, 0.2) is 23.0 Å². The van der Waals surface area contributed by atoms with Crippen LogP contribution in [0.3, 0.4) is 0 Å². The lowest BCUT2D eigenvalue weighted by Crippen LogP contribution is -2.45. The maximum absolute atomic E-state index is 9.95. The maximum Gasteiger partial charge on any atom is 0.244 e. The van der Waals surface area contributed by atoms with Crippen LogP contribution in [-0.4, -0.2) is 40.0 Å². The average Bonchev–Trinajstić information content (AvgIpc) is 2.52. The van der Waals surface area contributed by atoms with Crippen molar-refractivity contribution in [1.29, 1.82) is 0 Å². The van der Waals surface area contributed by atoms with Crippen molar-refractivity contribution in [2.45, 2.75) is 19.4 Å². The van der Waals surface area contributed by atoms with Gasteiger partial charge < -0.3 is 25.6 Å². The van der Waals surface area contributed by atoms with Gasteiger partial charge in [0.05, 0.1) is 18.4 Å². The summed E-state index contributed by atoms with van der Waals surface area (Å²) in [5.41, 5.74) is 5.97. The number of benzene rings is 1. The number of para-hydroxylation sites is 2. The summed E-state index contributed by atoms with van der Waals surface area (Å²) in [4.78, 5) is 12.3. The lowest BCUT2D eigenvalue weighted by atomic mass is 9.96. The van der Waals surface area contributed by atoms with Gasteiger partial charge in [-0.3, -0.25) is 0 Å². The summed E-state index contributed by atoms with van der Waals surface area (Å²) >= 11 is 0. The molecule has 2 heterocycles. The van der Waals surface area contributed by atoms with Crippen LogP contribution in [0.4, 0.5) is 17.5 Å². The molecule has 8 nitrogen and oxygen atoms in total. The van der Waals surface area contributed by atoms with E-state index in [1.54, 1.807) is 7.11 Å². The van der Waals surface area contributed by atoms with Crippen LogP contribution in [0.5, 0.6) is 17.4 Å². The quantitative estimate of drug-likeness (QED) is 0.787. The minimum Gasteiger partial charge on any atom is -0.493 e. The molecule has 0 saturated carbocycles. The molecule has 24 heavy (non-hydrogen) atoms. The van der Waals surface area contributed by atoms with E-state index >= 15 is 0 Å². The number of hydrogen-bond acceptors (Lipinski definition) is 8. The van der Waals surface area contributed by atoms with Crippen molar-refractivity contribution in [3.63, 3.8) is 0 Å². The summed E-state index contributed by atoms with van der Waals surface area (Å²) in [6, 6.07) is 7.37. The fraction of sp³-hybridized carbons (Fsp3) is 0.312. The molecule has 0 saturated heterocycles. The van der Waals surface area contributed by atoms with Gasteiger partial charge in [0.2, 0.25) is 11.8 Å². The van der Waals surface area contributed by atoms with Crippen LogP contribution in [0.1, 0.15) is 13.8 Å². The Morgan fingerprint density at radius 1 is 1.21 bits per heavy atom. The maximum atomic E-state index is 9.95. The molecular formula is C16H19N5O3. The molecule has 1 aromatic carbocycles. The van der Waals surface area contributed by atoms with E-state index in [0.717, 1.165) is 0 Å². The van der Waals surface area contributed by atoms with Crippen LogP contribution in [0.15, 0.2) is 29.3 Å². The Kier molecular flexibility index (Phi) is 3.88. The Hall–Kier alpha value is -3.03. The number of hydrogen-bond donors (Lipinski definition) is 3. The molecular weight excluding hydrogens is 310 g/mol. The number of anilines is 2. The second kappa shape index (κ2) is 5.88. The van der Waals surface area contributed by atoms with Crippen LogP contribution in [0, 0.1) is 0 Å². The van der Waals surface area contributed by atoms with Crippen LogP contribution in [-0.2, 0) is 0 Å². The molecule has 1 aromatic heterocycles. The predicted octanol–water partition coefficient (Wildman–Crippen LogP) is 2.13. The molecule has 1 aliphatic rings. The molecule has 0 atom stereocenters. The Morgan fingerprint density at radius 2 is 1.92 bits per heavy atom. The molecule has 126 valence electrons. The van der Waals surface area contributed by atoms with Crippen molar-refractivity contribution in [1.82, 2.24) is 9.97 Å². The highest BCUT2D eigenvalue weighted by atomic mass is 16.5. The van der Waals surface area contributed by atoms with Crippen LogP contribution >= 0.6 is 0 Å². The van der Waals surface area contributed by atoms with Gasteiger partial charge in [-0.15, -0.1) is 0 Å². The van der Waals surface area contributed by atoms with E-state index in [4.69, 9.17) is 15.2 Å². The number of methoxy groups -OCH3 is 1. The topological polar surface area (TPSA) is 115 Å². The van der Waals surface area contributed by atoms with Gasteiger partial charge in [0, 0.05) is 0 Å². The third kappa shape index (κ3) is 2.90.